The molecule has 0 aliphatic rings. The van der Waals surface area contributed by atoms with Crippen LogP contribution in [0.15, 0.2) is 48.5 Å². The van der Waals surface area contributed by atoms with Gasteiger partial charge in [-0.15, -0.1) is 0 Å². The molecule has 0 saturated heterocycles. The Bertz CT molecular complexity index is 1100. The van der Waals surface area contributed by atoms with Crippen molar-refractivity contribution < 1.29 is 50.6 Å². The summed E-state index contributed by atoms with van der Waals surface area (Å²) >= 11 is 0. The number of methoxy groups -OCH3 is 2. The highest BCUT2D eigenvalue weighted by molar-refractivity contribution is 7.54. The lowest BCUT2D eigenvalue weighted by Crippen LogP contribution is -2.42. The van der Waals surface area contributed by atoms with E-state index in [-0.39, 0.29) is 27.5 Å². The van der Waals surface area contributed by atoms with Crippen molar-refractivity contribution in [2.24, 2.45) is 0 Å². The quantitative estimate of drug-likeness (QED) is 0.279. The second-order valence-electron chi connectivity index (χ2n) is 6.63. The molecule has 2 rings (SSSR count). The zero-order valence-corrected chi connectivity index (χ0v) is 19.2. The molecule has 0 bridgehead atoms. The number of amides is 1. The van der Waals surface area contributed by atoms with E-state index in [9.17, 15) is 32.1 Å². The fourth-order valence-electron chi connectivity index (χ4n) is 2.60. The molecule has 0 saturated carbocycles. The van der Waals surface area contributed by atoms with E-state index in [0.717, 1.165) is 14.2 Å². The number of halogens is 3. The van der Waals surface area contributed by atoms with Gasteiger partial charge in [0.15, 0.2) is 0 Å². The van der Waals surface area contributed by atoms with Gasteiger partial charge in [-0.25, -0.2) is 14.2 Å². The molecule has 10 nitrogen and oxygen atoms in total. The molecule has 0 aromatic heterocycles. The van der Waals surface area contributed by atoms with E-state index in [4.69, 9.17) is 14.3 Å². The molecule has 0 radical (unpaired) electrons. The normalized spacial score (nSPS) is 11.1. The first-order valence-electron chi connectivity index (χ1n) is 9.50. The highest BCUT2D eigenvalue weighted by Crippen LogP contribution is 2.49. The molecule has 0 aliphatic carbocycles. The average molecular weight is 514 g/mol. The summed E-state index contributed by atoms with van der Waals surface area (Å²) in [4.78, 5) is 34.9. The minimum Gasteiger partial charge on any atom is -0.465 e. The fourth-order valence-corrected chi connectivity index (χ4v) is 4.28. The third-order valence-corrected chi connectivity index (χ3v) is 5.84. The Balaban J connectivity index is 2.40. The number of hydrogen-bond donors (Lipinski definition) is 0. The van der Waals surface area contributed by atoms with Gasteiger partial charge in [-0.2, -0.15) is 18.4 Å². The Morgan fingerprint density at radius 1 is 0.886 bits per heavy atom. The van der Waals surface area contributed by atoms with Crippen molar-refractivity contribution in [3.63, 3.8) is 0 Å². The minimum atomic E-state index is -5.36. The predicted molar refractivity (Wildman–Crippen MR) is 113 cm³/mol. The van der Waals surface area contributed by atoms with Gasteiger partial charge in [-0.05, 0) is 48.5 Å². The zero-order valence-electron chi connectivity index (χ0n) is 18.3. The lowest BCUT2D eigenvalue weighted by atomic mass is 10.2. The number of nitrogens with zero attached hydrogens (tertiary/aromatic N) is 2. The van der Waals surface area contributed by atoms with E-state index in [0.29, 0.717) is 0 Å². The van der Waals surface area contributed by atoms with E-state index in [1.54, 1.807) is 0 Å². The molecular formula is C21H18F3N2O8P. The molecule has 0 N–H and O–H groups in total. The van der Waals surface area contributed by atoms with Crippen molar-refractivity contribution in [3.8, 4) is 17.6 Å². The first-order chi connectivity index (χ1) is 16.4. The SMILES string of the molecule is COC(=O)c1ccc(OP(=O)(CN(CC#N)C(=O)C(F)(F)F)Oc2ccc(C(=O)OC)cc2)cc1. The number of benzene rings is 2. The van der Waals surface area contributed by atoms with Gasteiger partial charge in [0.25, 0.3) is 0 Å². The number of carbonyl (C=O) groups excluding carboxylic acids is 3. The van der Waals surface area contributed by atoms with Gasteiger partial charge in [-0.1, -0.05) is 0 Å². The third-order valence-electron chi connectivity index (χ3n) is 4.18. The Morgan fingerprint density at radius 2 is 1.29 bits per heavy atom. The second kappa shape index (κ2) is 11.4. The van der Waals surface area contributed by atoms with E-state index in [1.165, 1.54) is 54.6 Å². The fraction of sp³-hybridized carbons (Fsp3) is 0.238. The standard InChI is InChI=1S/C21H18F3N2O8P/c1-31-18(27)14-3-7-16(8-4-14)33-35(30,13-26(12-11-25)20(29)21(22,23)24)34-17-9-5-15(6-10-17)19(28)32-2/h3-10H,12-13H2,1-2H3. The van der Waals surface area contributed by atoms with Gasteiger partial charge < -0.3 is 23.4 Å². The van der Waals surface area contributed by atoms with Crippen LogP contribution < -0.4 is 9.05 Å². The van der Waals surface area contributed by atoms with Crippen LogP contribution in [-0.4, -0.2) is 56.0 Å². The molecule has 2 aromatic carbocycles. The van der Waals surface area contributed by atoms with Gasteiger partial charge in [-0.3, -0.25) is 4.79 Å². The number of esters is 2. The lowest BCUT2D eigenvalue weighted by Gasteiger charge is -2.26. The first-order valence-corrected chi connectivity index (χ1v) is 11.2. The van der Waals surface area contributed by atoms with Crippen LogP contribution in [0.2, 0.25) is 0 Å². The van der Waals surface area contributed by atoms with Crippen LogP contribution >= 0.6 is 7.60 Å². The molecule has 14 heteroatoms. The lowest BCUT2D eigenvalue weighted by molar-refractivity contribution is -0.184. The van der Waals surface area contributed by atoms with Gasteiger partial charge >= 0.3 is 31.6 Å². The molecule has 35 heavy (non-hydrogen) atoms. The molecule has 0 heterocycles. The van der Waals surface area contributed by atoms with Crippen LogP contribution in [0.4, 0.5) is 13.2 Å². The smallest absolute Gasteiger partial charge is 0.465 e. The van der Waals surface area contributed by atoms with Crippen LogP contribution in [0, 0.1) is 11.3 Å². The van der Waals surface area contributed by atoms with E-state index >= 15 is 0 Å². The molecule has 0 spiro atoms. The summed E-state index contributed by atoms with van der Waals surface area (Å²) in [5.41, 5.74) is 0.208. The molecular weight excluding hydrogens is 496 g/mol. The first kappa shape index (κ1) is 27.2. The van der Waals surface area contributed by atoms with Crippen LogP contribution in [-0.2, 0) is 18.8 Å². The van der Waals surface area contributed by atoms with Crippen molar-refractivity contribution >= 4 is 25.4 Å². The van der Waals surface area contributed by atoms with Crippen LogP contribution in [0.25, 0.3) is 0 Å². The third kappa shape index (κ3) is 7.48. The topological polar surface area (TPSA) is 132 Å². The number of ether oxygens (including phenoxy) is 2. The number of hydrogen-bond acceptors (Lipinski definition) is 9. The monoisotopic (exact) mass is 514 g/mol. The predicted octanol–water partition coefficient (Wildman–Crippen LogP) is 3.78. The van der Waals surface area contributed by atoms with Crippen molar-refractivity contribution in [1.82, 2.24) is 4.90 Å². The molecule has 1 amide bonds. The van der Waals surface area contributed by atoms with Gasteiger partial charge in [0.1, 0.15) is 24.3 Å². The molecule has 0 atom stereocenters. The van der Waals surface area contributed by atoms with Crippen molar-refractivity contribution in [1.29, 1.82) is 5.26 Å². The van der Waals surface area contributed by atoms with E-state index < -0.39 is 44.4 Å². The maximum atomic E-state index is 13.5. The Labute approximate surface area is 197 Å². The Kier molecular flexibility index (Phi) is 8.86. The molecule has 0 unspecified atom stereocenters. The molecule has 0 aliphatic heterocycles. The Hall–Kier alpha value is -4.04. The van der Waals surface area contributed by atoms with Crippen LogP contribution in [0.3, 0.4) is 0 Å². The van der Waals surface area contributed by atoms with Crippen molar-refractivity contribution in [3.05, 3.63) is 59.7 Å². The summed E-state index contributed by atoms with van der Waals surface area (Å²) in [6.45, 7) is -1.06. The second-order valence-corrected chi connectivity index (χ2v) is 8.50. The van der Waals surface area contributed by atoms with Crippen LogP contribution in [0.1, 0.15) is 20.7 Å². The molecule has 2 aromatic rings. The summed E-state index contributed by atoms with van der Waals surface area (Å²) in [5.74, 6) is -4.14. The van der Waals surface area contributed by atoms with Crippen molar-refractivity contribution in [2.45, 2.75) is 6.18 Å². The molecule has 0 fully saturated rings. The number of nitriles is 1. The highest BCUT2D eigenvalue weighted by atomic mass is 31.2. The van der Waals surface area contributed by atoms with Crippen LogP contribution in [0.5, 0.6) is 11.5 Å². The highest BCUT2D eigenvalue weighted by Gasteiger charge is 2.45. The summed E-state index contributed by atoms with van der Waals surface area (Å²) in [5, 5.41) is 8.87. The number of carbonyl (C=O) groups is 3. The summed E-state index contributed by atoms with van der Waals surface area (Å²) in [7, 11) is -2.33. The van der Waals surface area contributed by atoms with E-state index in [1.807, 2.05) is 0 Å². The number of rotatable bonds is 9. The number of alkyl halides is 3. The zero-order chi connectivity index (χ0) is 26.2. The largest absolute Gasteiger partial charge is 0.471 e. The summed E-state index contributed by atoms with van der Waals surface area (Å²) < 4.78 is 72.3. The average Bonchev–Trinajstić information content (AvgIpc) is 2.82. The van der Waals surface area contributed by atoms with Gasteiger partial charge in [0.2, 0.25) is 0 Å². The van der Waals surface area contributed by atoms with Gasteiger partial charge in [0, 0.05) is 0 Å². The summed E-state index contributed by atoms with van der Waals surface area (Å²) in [6.07, 6.45) is -6.59. The molecule has 186 valence electrons. The van der Waals surface area contributed by atoms with Crippen molar-refractivity contribution in [2.75, 3.05) is 27.1 Å². The van der Waals surface area contributed by atoms with E-state index in [2.05, 4.69) is 9.47 Å². The maximum absolute atomic E-state index is 13.5. The maximum Gasteiger partial charge on any atom is 0.471 e. The Morgan fingerprint density at radius 3 is 1.60 bits per heavy atom. The minimum absolute atomic E-state index is 0.0214. The summed E-state index contributed by atoms with van der Waals surface area (Å²) in [6, 6.07) is 11.1. The van der Waals surface area contributed by atoms with Gasteiger partial charge in [0.05, 0.1) is 31.4 Å².